The van der Waals surface area contributed by atoms with Gasteiger partial charge in [-0.3, -0.25) is 0 Å². The second-order valence-electron chi connectivity index (χ2n) is 4.38. The summed E-state index contributed by atoms with van der Waals surface area (Å²) in [4.78, 5) is 0. The molecule has 0 aliphatic carbocycles. The first-order valence-electron chi connectivity index (χ1n) is 6.45. The van der Waals surface area contributed by atoms with E-state index in [-0.39, 0.29) is 5.75 Å². The van der Waals surface area contributed by atoms with Crippen LogP contribution in [0.1, 0.15) is 11.1 Å². The van der Waals surface area contributed by atoms with E-state index in [1.54, 1.807) is 19.2 Å². The van der Waals surface area contributed by atoms with Crippen LogP contribution >= 0.6 is 0 Å². The molecular formula is C17H18O4. The summed E-state index contributed by atoms with van der Waals surface area (Å²) in [5, 5.41) is 9.87. The molecule has 4 heteroatoms. The van der Waals surface area contributed by atoms with Gasteiger partial charge in [0.1, 0.15) is 5.75 Å². The maximum absolute atomic E-state index is 9.87. The van der Waals surface area contributed by atoms with Crippen molar-refractivity contribution in [3.8, 4) is 23.0 Å². The molecule has 0 bridgehead atoms. The summed E-state index contributed by atoms with van der Waals surface area (Å²) in [6, 6.07) is 11.2. The van der Waals surface area contributed by atoms with Crippen LogP contribution in [0.25, 0.3) is 12.2 Å². The first-order chi connectivity index (χ1) is 10.2. The molecule has 0 unspecified atom stereocenters. The predicted molar refractivity (Wildman–Crippen MR) is 83.1 cm³/mol. The Kier molecular flexibility index (Phi) is 4.72. The molecule has 0 fully saturated rings. The van der Waals surface area contributed by atoms with Gasteiger partial charge in [-0.1, -0.05) is 24.3 Å². The number of phenolic OH excluding ortho intramolecular Hbond substituents is 1. The second-order valence-corrected chi connectivity index (χ2v) is 4.38. The lowest BCUT2D eigenvalue weighted by molar-refractivity contribution is 0.340. The maximum Gasteiger partial charge on any atom is 0.200 e. The van der Waals surface area contributed by atoms with E-state index in [1.165, 1.54) is 14.2 Å². The van der Waals surface area contributed by atoms with Gasteiger partial charge in [-0.05, 0) is 35.4 Å². The summed E-state index contributed by atoms with van der Waals surface area (Å²) >= 11 is 0. The van der Waals surface area contributed by atoms with Crippen LogP contribution in [0.2, 0.25) is 0 Å². The minimum Gasteiger partial charge on any atom is -0.502 e. The molecule has 0 saturated heterocycles. The van der Waals surface area contributed by atoms with E-state index in [4.69, 9.17) is 14.2 Å². The molecule has 110 valence electrons. The van der Waals surface area contributed by atoms with Crippen molar-refractivity contribution < 1.29 is 19.3 Å². The zero-order chi connectivity index (χ0) is 15.2. The first kappa shape index (κ1) is 14.8. The highest BCUT2D eigenvalue weighted by Gasteiger charge is 2.09. The Hall–Kier alpha value is -2.62. The minimum atomic E-state index is 0.00148. The Morgan fingerprint density at radius 1 is 0.762 bits per heavy atom. The van der Waals surface area contributed by atoms with Gasteiger partial charge in [0.25, 0.3) is 0 Å². The third-order valence-corrected chi connectivity index (χ3v) is 3.09. The normalized spacial score (nSPS) is 10.6. The summed E-state index contributed by atoms with van der Waals surface area (Å²) in [5.41, 5.74) is 1.92. The average molecular weight is 286 g/mol. The van der Waals surface area contributed by atoms with Crippen LogP contribution in [0.5, 0.6) is 23.0 Å². The van der Waals surface area contributed by atoms with Crippen molar-refractivity contribution in [3.05, 3.63) is 47.5 Å². The van der Waals surface area contributed by atoms with Crippen LogP contribution in [0, 0.1) is 0 Å². The van der Waals surface area contributed by atoms with Crippen LogP contribution < -0.4 is 14.2 Å². The highest BCUT2D eigenvalue weighted by molar-refractivity contribution is 5.72. The van der Waals surface area contributed by atoms with E-state index in [0.29, 0.717) is 11.5 Å². The van der Waals surface area contributed by atoms with Crippen LogP contribution in [0.15, 0.2) is 36.4 Å². The summed E-state index contributed by atoms with van der Waals surface area (Å²) < 4.78 is 15.4. The monoisotopic (exact) mass is 286 g/mol. The molecule has 0 amide bonds. The number of phenols is 1. The van der Waals surface area contributed by atoms with Crippen LogP contribution in [0.3, 0.4) is 0 Å². The Morgan fingerprint density at radius 2 is 1.29 bits per heavy atom. The molecule has 0 radical (unpaired) electrons. The largest absolute Gasteiger partial charge is 0.502 e. The minimum absolute atomic E-state index is 0.00148. The van der Waals surface area contributed by atoms with Gasteiger partial charge in [0.2, 0.25) is 5.75 Å². The van der Waals surface area contributed by atoms with Gasteiger partial charge < -0.3 is 19.3 Å². The van der Waals surface area contributed by atoms with Crippen LogP contribution in [-0.4, -0.2) is 26.4 Å². The second kappa shape index (κ2) is 6.70. The Morgan fingerprint density at radius 3 is 1.76 bits per heavy atom. The third kappa shape index (κ3) is 3.48. The number of hydrogen-bond donors (Lipinski definition) is 1. The first-order valence-corrected chi connectivity index (χ1v) is 6.45. The Bertz CT molecular complexity index is 605. The lowest BCUT2D eigenvalue weighted by atomic mass is 10.1. The molecule has 0 atom stereocenters. The van der Waals surface area contributed by atoms with E-state index in [9.17, 15) is 5.11 Å². The van der Waals surface area contributed by atoms with E-state index in [2.05, 4.69) is 0 Å². The Balaban J connectivity index is 2.27. The van der Waals surface area contributed by atoms with Crippen LogP contribution in [-0.2, 0) is 0 Å². The lowest BCUT2D eigenvalue weighted by Gasteiger charge is -2.09. The summed E-state index contributed by atoms with van der Waals surface area (Å²) in [6.45, 7) is 0. The van der Waals surface area contributed by atoms with Crippen molar-refractivity contribution in [3.63, 3.8) is 0 Å². The topological polar surface area (TPSA) is 47.9 Å². The van der Waals surface area contributed by atoms with E-state index in [0.717, 1.165) is 16.9 Å². The van der Waals surface area contributed by atoms with Gasteiger partial charge in [-0.2, -0.15) is 0 Å². The molecule has 0 aliphatic rings. The van der Waals surface area contributed by atoms with E-state index >= 15 is 0 Å². The van der Waals surface area contributed by atoms with Crippen molar-refractivity contribution >= 4 is 12.2 Å². The standard InChI is InChI=1S/C17H18O4/c1-19-14-8-6-12(7-9-14)4-5-13-10-15(20-2)17(18)16(11-13)21-3/h4-11,18H,1-3H3. The number of hydrogen-bond acceptors (Lipinski definition) is 4. The van der Waals surface area contributed by atoms with Crippen molar-refractivity contribution in [2.75, 3.05) is 21.3 Å². The molecule has 21 heavy (non-hydrogen) atoms. The lowest BCUT2D eigenvalue weighted by Crippen LogP contribution is -1.90. The van der Waals surface area contributed by atoms with Crippen molar-refractivity contribution in [2.24, 2.45) is 0 Å². The summed E-state index contributed by atoms with van der Waals surface area (Å²) in [7, 11) is 4.65. The quantitative estimate of drug-likeness (QED) is 0.853. The fourth-order valence-electron chi connectivity index (χ4n) is 1.92. The summed E-state index contributed by atoms with van der Waals surface area (Å²) in [5.74, 6) is 1.58. The number of aromatic hydroxyl groups is 1. The molecular weight excluding hydrogens is 268 g/mol. The molecule has 0 aromatic heterocycles. The molecule has 0 spiro atoms. The van der Waals surface area contributed by atoms with Crippen molar-refractivity contribution in [1.82, 2.24) is 0 Å². The zero-order valence-corrected chi connectivity index (χ0v) is 12.3. The fraction of sp³-hybridized carbons (Fsp3) is 0.176. The van der Waals surface area contributed by atoms with Crippen molar-refractivity contribution in [2.45, 2.75) is 0 Å². The third-order valence-electron chi connectivity index (χ3n) is 3.09. The van der Waals surface area contributed by atoms with Gasteiger partial charge in [-0.25, -0.2) is 0 Å². The van der Waals surface area contributed by atoms with Gasteiger partial charge in [0.05, 0.1) is 21.3 Å². The number of rotatable bonds is 5. The molecule has 0 saturated carbocycles. The smallest absolute Gasteiger partial charge is 0.200 e. The van der Waals surface area contributed by atoms with Gasteiger partial charge in [0.15, 0.2) is 11.5 Å². The molecule has 4 nitrogen and oxygen atoms in total. The highest BCUT2D eigenvalue weighted by atomic mass is 16.5. The molecule has 2 rings (SSSR count). The number of methoxy groups -OCH3 is 3. The molecule has 0 aliphatic heterocycles. The molecule has 2 aromatic carbocycles. The average Bonchev–Trinajstić information content (AvgIpc) is 2.54. The van der Waals surface area contributed by atoms with Gasteiger partial charge >= 0.3 is 0 Å². The predicted octanol–water partition coefficient (Wildman–Crippen LogP) is 3.59. The van der Waals surface area contributed by atoms with Crippen molar-refractivity contribution in [1.29, 1.82) is 0 Å². The van der Waals surface area contributed by atoms with E-state index in [1.807, 2.05) is 36.4 Å². The fourth-order valence-corrected chi connectivity index (χ4v) is 1.92. The maximum atomic E-state index is 9.87. The SMILES string of the molecule is COc1ccc(C=Cc2cc(OC)c(O)c(OC)c2)cc1. The molecule has 1 N–H and O–H groups in total. The number of benzene rings is 2. The Labute approximate surface area is 124 Å². The van der Waals surface area contributed by atoms with Gasteiger partial charge in [0, 0.05) is 0 Å². The van der Waals surface area contributed by atoms with E-state index < -0.39 is 0 Å². The molecule has 0 heterocycles. The molecule has 2 aromatic rings. The number of ether oxygens (including phenoxy) is 3. The van der Waals surface area contributed by atoms with Gasteiger partial charge in [-0.15, -0.1) is 0 Å². The highest BCUT2D eigenvalue weighted by Crippen LogP contribution is 2.37. The zero-order valence-electron chi connectivity index (χ0n) is 12.3. The summed E-state index contributed by atoms with van der Waals surface area (Å²) in [6.07, 6.45) is 3.89. The van der Waals surface area contributed by atoms with Crippen LogP contribution in [0.4, 0.5) is 0 Å².